The molecule has 0 fully saturated rings. The van der Waals surface area contributed by atoms with Crippen LogP contribution in [0.1, 0.15) is 10.4 Å². The van der Waals surface area contributed by atoms with Gasteiger partial charge < -0.3 is 13.9 Å². The van der Waals surface area contributed by atoms with Crippen LogP contribution in [0.2, 0.25) is 0 Å². The van der Waals surface area contributed by atoms with E-state index in [1.807, 2.05) is 0 Å². The molecule has 0 saturated heterocycles. The molecule has 9 nitrogen and oxygen atoms in total. The third-order valence-electron chi connectivity index (χ3n) is 4.88. The fourth-order valence-electron chi connectivity index (χ4n) is 3.12. The number of hydrogen-bond acceptors (Lipinski definition) is 9. The average molecular weight is 512 g/mol. The zero-order valence-corrected chi connectivity index (χ0v) is 20.4. The van der Waals surface area contributed by atoms with Crippen molar-refractivity contribution in [1.29, 1.82) is 0 Å². The summed E-state index contributed by atoms with van der Waals surface area (Å²) in [6.45, 7) is 0. The van der Waals surface area contributed by atoms with E-state index in [0.717, 1.165) is 11.8 Å². The van der Waals surface area contributed by atoms with Gasteiger partial charge in [-0.3, -0.25) is 9.52 Å². The van der Waals surface area contributed by atoms with Crippen LogP contribution in [-0.2, 0) is 10.0 Å². The van der Waals surface area contributed by atoms with Crippen molar-refractivity contribution < 1.29 is 27.1 Å². The number of Topliss-reactive ketones (excluding diaryl/α,β-unsaturated/α-hetero) is 1. The zero-order valence-electron chi connectivity index (χ0n) is 18.8. The Bertz CT molecular complexity index is 1420. The predicted octanol–water partition coefficient (Wildman–Crippen LogP) is 4.53. The van der Waals surface area contributed by atoms with Crippen molar-refractivity contribution >= 4 is 33.3 Å². The lowest BCUT2D eigenvalue weighted by atomic mass is 10.1. The van der Waals surface area contributed by atoms with Gasteiger partial charge in [-0.2, -0.15) is 0 Å². The number of sulfonamides is 1. The Labute approximate surface area is 206 Å². The van der Waals surface area contributed by atoms with Crippen molar-refractivity contribution in [2.45, 2.75) is 10.1 Å². The number of hydrogen-bond donors (Lipinski definition) is 1. The van der Waals surface area contributed by atoms with Crippen LogP contribution in [0.15, 0.2) is 87.3 Å². The van der Waals surface area contributed by atoms with Crippen LogP contribution >= 0.6 is 11.8 Å². The van der Waals surface area contributed by atoms with Crippen molar-refractivity contribution in [3.63, 3.8) is 0 Å². The van der Waals surface area contributed by atoms with Gasteiger partial charge >= 0.3 is 0 Å². The van der Waals surface area contributed by atoms with Gasteiger partial charge in [-0.25, -0.2) is 8.42 Å². The fraction of sp³-hybridized carbons (Fsp3) is 0.125. The molecule has 0 aliphatic carbocycles. The number of carbonyl (C=O) groups is 1. The Balaban J connectivity index is 1.40. The first kappa shape index (κ1) is 24.3. The quantitative estimate of drug-likeness (QED) is 0.242. The van der Waals surface area contributed by atoms with E-state index in [1.54, 1.807) is 60.7 Å². The van der Waals surface area contributed by atoms with Crippen LogP contribution in [0.25, 0.3) is 11.5 Å². The molecular weight excluding hydrogens is 490 g/mol. The number of aromatic nitrogens is 2. The highest BCUT2D eigenvalue weighted by Crippen LogP contribution is 2.28. The maximum absolute atomic E-state index is 12.7. The number of ether oxygens (including phenoxy) is 2. The summed E-state index contributed by atoms with van der Waals surface area (Å²) in [6.07, 6.45) is 0. The van der Waals surface area contributed by atoms with Gasteiger partial charge in [-0.15, -0.1) is 10.2 Å². The molecule has 11 heteroatoms. The fourth-order valence-corrected chi connectivity index (χ4v) is 4.84. The van der Waals surface area contributed by atoms with Crippen molar-refractivity contribution in [3.8, 4) is 23.0 Å². The summed E-state index contributed by atoms with van der Waals surface area (Å²) in [4.78, 5) is 12.9. The zero-order chi connectivity index (χ0) is 24.8. The third kappa shape index (κ3) is 5.81. The van der Waals surface area contributed by atoms with Gasteiger partial charge in [0.15, 0.2) is 5.78 Å². The molecule has 35 heavy (non-hydrogen) atoms. The van der Waals surface area contributed by atoms with E-state index in [0.29, 0.717) is 28.3 Å². The Morgan fingerprint density at radius 1 is 0.971 bits per heavy atom. The van der Waals surface area contributed by atoms with Crippen molar-refractivity contribution in [1.82, 2.24) is 10.2 Å². The first-order valence-electron chi connectivity index (χ1n) is 10.3. The van der Waals surface area contributed by atoms with E-state index < -0.39 is 10.0 Å². The number of rotatable bonds is 10. The number of thioether (sulfide) groups is 1. The van der Waals surface area contributed by atoms with Crippen LogP contribution < -0.4 is 14.2 Å². The van der Waals surface area contributed by atoms with Gasteiger partial charge in [0.25, 0.3) is 15.2 Å². The van der Waals surface area contributed by atoms with Crippen molar-refractivity contribution in [3.05, 3.63) is 78.4 Å². The second kappa shape index (κ2) is 10.6. The van der Waals surface area contributed by atoms with Gasteiger partial charge in [0, 0.05) is 11.3 Å². The summed E-state index contributed by atoms with van der Waals surface area (Å²) in [5.74, 6) is 1.13. The lowest BCUT2D eigenvalue weighted by Gasteiger charge is -2.09. The maximum atomic E-state index is 12.7. The normalized spacial score (nSPS) is 11.1. The van der Waals surface area contributed by atoms with E-state index >= 15 is 0 Å². The smallest absolute Gasteiger partial charge is 0.277 e. The second-order valence-corrected chi connectivity index (χ2v) is 9.76. The molecule has 0 saturated carbocycles. The largest absolute Gasteiger partial charge is 0.497 e. The van der Waals surface area contributed by atoms with Crippen molar-refractivity contribution in [2.75, 3.05) is 24.7 Å². The molecule has 0 radical (unpaired) electrons. The molecule has 1 heterocycles. The minimum atomic E-state index is -3.69. The van der Waals surface area contributed by atoms with E-state index in [2.05, 4.69) is 14.9 Å². The van der Waals surface area contributed by atoms with Gasteiger partial charge in [0.2, 0.25) is 5.89 Å². The van der Waals surface area contributed by atoms with E-state index in [1.165, 1.54) is 26.4 Å². The highest BCUT2D eigenvalue weighted by Gasteiger charge is 2.17. The predicted molar refractivity (Wildman–Crippen MR) is 132 cm³/mol. The Morgan fingerprint density at radius 3 is 2.40 bits per heavy atom. The molecule has 0 aliphatic heterocycles. The molecule has 4 rings (SSSR count). The minimum absolute atomic E-state index is 0.0609. The molecule has 4 aromatic rings. The van der Waals surface area contributed by atoms with Crippen LogP contribution in [0.3, 0.4) is 0 Å². The molecule has 180 valence electrons. The number of ketones is 1. The Kier molecular flexibility index (Phi) is 7.37. The Morgan fingerprint density at radius 2 is 1.71 bits per heavy atom. The highest BCUT2D eigenvalue weighted by atomic mass is 32.2. The van der Waals surface area contributed by atoms with E-state index in [-0.39, 0.29) is 27.5 Å². The molecule has 0 unspecified atom stereocenters. The first-order valence-corrected chi connectivity index (χ1v) is 12.8. The average Bonchev–Trinajstić information content (AvgIpc) is 3.36. The molecule has 1 aromatic heterocycles. The molecule has 3 aromatic carbocycles. The summed E-state index contributed by atoms with van der Waals surface area (Å²) < 4.78 is 43.6. The summed E-state index contributed by atoms with van der Waals surface area (Å²) in [7, 11) is -0.671. The standard InChI is InChI=1S/C24H21N3O6S2/c1-31-18-12-13-22(32-2)20(14-18)21(28)15-34-24-26-25-23(33-24)16-8-10-17(11-9-16)27-35(29,30)19-6-4-3-5-7-19/h3-14,27H,15H2,1-2H3. The SMILES string of the molecule is COc1ccc(OC)c(C(=O)CSc2nnc(-c3ccc(NS(=O)(=O)c4ccccc4)cc3)o2)c1. The highest BCUT2D eigenvalue weighted by molar-refractivity contribution is 7.99. The molecule has 0 atom stereocenters. The number of nitrogens with one attached hydrogen (secondary N) is 1. The number of carbonyl (C=O) groups excluding carboxylic acids is 1. The van der Waals surface area contributed by atoms with E-state index in [4.69, 9.17) is 13.9 Å². The monoisotopic (exact) mass is 511 g/mol. The second-order valence-electron chi connectivity index (χ2n) is 7.15. The summed E-state index contributed by atoms with van der Waals surface area (Å²) in [6, 6.07) is 19.6. The summed E-state index contributed by atoms with van der Waals surface area (Å²) in [5.41, 5.74) is 1.39. The summed E-state index contributed by atoms with van der Waals surface area (Å²) >= 11 is 1.10. The minimum Gasteiger partial charge on any atom is -0.497 e. The topological polar surface area (TPSA) is 121 Å². The number of nitrogens with zero attached hydrogens (tertiary/aromatic N) is 2. The van der Waals surface area contributed by atoms with Gasteiger partial charge in [0.1, 0.15) is 11.5 Å². The Hall–Kier alpha value is -3.83. The molecule has 1 N–H and O–H groups in total. The molecule has 0 amide bonds. The van der Waals surface area contributed by atoms with Crippen LogP contribution in [0, 0.1) is 0 Å². The van der Waals surface area contributed by atoms with Crippen LogP contribution in [-0.4, -0.2) is 44.4 Å². The summed E-state index contributed by atoms with van der Waals surface area (Å²) in [5, 5.41) is 8.23. The van der Waals surface area contributed by atoms with E-state index in [9.17, 15) is 13.2 Å². The van der Waals surface area contributed by atoms with Crippen molar-refractivity contribution in [2.24, 2.45) is 0 Å². The molecule has 0 bridgehead atoms. The van der Waals surface area contributed by atoms with Crippen LogP contribution in [0.4, 0.5) is 5.69 Å². The van der Waals surface area contributed by atoms with Gasteiger partial charge in [0.05, 0.1) is 30.4 Å². The third-order valence-corrected chi connectivity index (χ3v) is 7.09. The molecular formula is C24H21N3O6S2. The lowest BCUT2D eigenvalue weighted by molar-refractivity contribution is 0.101. The van der Waals surface area contributed by atoms with Gasteiger partial charge in [-0.05, 0) is 54.6 Å². The van der Waals surface area contributed by atoms with Gasteiger partial charge in [-0.1, -0.05) is 30.0 Å². The molecule has 0 aliphatic rings. The number of methoxy groups -OCH3 is 2. The maximum Gasteiger partial charge on any atom is 0.277 e. The molecule has 0 spiro atoms. The number of benzene rings is 3. The first-order chi connectivity index (χ1) is 16.9. The number of anilines is 1. The van der Waals surface area contributed by atoms with Crippen LogP contribution in [0.5, 0.6) is 11.5 Å². The lowest BCUT2D eigenvalue weighted by Crippen LogP contribution is -2.12.